The highest BCUT2D eigenvalue weighted by molar-refractivity contribution is 7.13. The summed E-state index contributed by atoms with van der Waals surface area (Å²) >= 11 is 1.61. The van der Waals surface area contributed by atoms with Crippen LogP contribution in [0, 0.1) is 12.3 Å². The number of hydrogen-bond donors (Lipinski definition) is 3. The lowest BCUT2D eigenvalue weighted by Gasteiger charge is -2.34. The standard InChI is InChI=1S/C23H32N4O3S.C2H6/c1-14-19(31-13-26-14)16-8-6-15(7-9-16)11-25-21(29)18-10-17(28)12-27(18)22(30)20(24-5)23(2,3)4;1-2/h6-9,13,17-18,20,24,28H,10-12H2,1-5H3,(H,25,29);1-2H3/t17-,18+,20?;/m1./s1. The highest BCUT2D eigenvalue weighted by Gasteiger charge is 2.43. The third-order valence-corrected chi connectivity index (χ3v) is 6.67. The van der Waals surface area contributed by atoms with E-state index >= 15 is 0 Å². The van der Waals surface area contributed by atoms with Gasteiger partial charge < -0.3 is 20.6 Å². The number of aliphatic hydroxyl groups is 1. The fraction of sp³-hybridized carbons (Fsp3) is 0.560. The molecule has 2 heterocycles. The van der Waals surface area contributed by atoms with Gasteiger partial charge >= 0.3 is 0 Å². The van der Waals surface area contributed by atoms with Gasteiger partial charge in [-0.25, -0.2) is 4.98 Å². The molecule has 0 radical (unpaired) electrons. The molecule has 1 fully saturated rings. The zero-order valence-electron chi connectivity index (χ0n) is 20.8. The summed E-state index contributed by atoms with van der Waals surface area (Å²) in [4.78, 5) is 32.9. The molecule has 1 saturated heterocycles. The van der Waals surface area contributed by atoms with Gasteiger partial charge in [0.15, 0.2) is 0 Å². The Bertz CT molecular complexity index is 920. The quantitative estimate of drug-likeness (QED) is 0.597. The minimum Gasteiger partial charge on any atom is -0.391 e. The highest BCUT2D eigenvalue weighted by Crippen LogP contribution is 2.28. The molecule has 1 aromatic heterocycles. The van der Waals surface area contributed by atoms with E-state index in [0.29, 0.717) is 6.54 Å². The molecular formula is C25H38N4O3S. The Morgan fingerprint density at radius 3 is 2.39 bits per heavy atom. The summed E-state index contributed by atoms with van der Waals surface area (Å²) in [5.41, 5.74) is 4.61. The predicted molar refractivity (Wildman–Crippen MR) is 134 cm³/mol. The number of amides is 2. The number of likely N-dealkylation sites (N-methyl/N-ethyl adjacent to an activating group) is 1. The van der Waals surface area contributed by atoms with Crippen LogP contribution in [0.4, 0.5) is 0 Å². The Hall–Kier alpha value is -2.29. The van der Waals surface area contributed by atoms with Gasteiger partial charge in [-0.1, -0.05) is 58.9 Å². The van der Waals surface area contributed by atoms with E-state index < -0.39 is 18.2 Å². The topological polar surface area (TPSA) is 94.6 Å². The van der Waals surface area contributed by atoms with Crippen molar-refractivity contribution in [2.75, 3.05) is 13.6 Å². The number of aliphatic hydroxyl groups excluding tert-OH is 1. The van der Waals surface area contributed by atoms with E-state index in [0.717, 1.165) is 21.7 Å². The van der Waals surface area contributed by atoms with E-state index in [4.69, 9.17) is 0 Å². The number of aromatic nitrogens is 1. The number of nitrogens with zero attached hydrogens (tertiary/aromatic N) is 2. The summed E-state index contributed by atoms with van der Waals surface area (Å²) < 4.78 is 0. The molecule has 3 N–H and O–H groups in total. The maximum absolute atomic E-state index is 13.1. The fourth-order valence-corrected chi connectivity index (χ4v) is 4.87. The van der Waals surface area contributed by atoms with Gasteiger partial charge in [0.25, 0.3) is 0 Å². The van der Waals surface area contributed by atoms with Crippen molar-refractivity contribution in [3.63, 3.8) is 0 Å². The molecule has 0 aliphatic carbocycles. The number of thiazole rings is 1. The van der Waals surface area contributed by atoms with Crippen LogP contribution in [0.25, 0.3) is 10.4 Å². The van der Waals surface area contributed by atoms with E-state index in [1.165, 1.54) is 4.90 Å². The van der Waals surface area contributed by atoms with E-state index in [2.05, 4.69) is 15.6 Å². The molecule has 1 unspecified atom stereocenters. The molecule has 1 aliphatic rings. The first kappa shape index (κ1) is 27.0. The summed E-state index contributed by atoms with van der Waals surface area (Å²) in [5, 5.41) is 16.2. The fourth-order valence-electron chi connectivity index (χ4n) is 4.06. The predicted octanol–water partition coefficient (Wildman–Crippen LogP) is 3.36. The molecule has 0 saturated carbocycles. The number of β-amino-alcohol motifs (C(OH)–C–C–N with tert-alkyl or cyclic N) is 1. The van der Waals surface area contributed by atoms with Gasteiger partial charge in [0.2, 0.25) is 11.8 Å². The maximum atomic E-state index is 13.1. The van der Waals surface area contributed by atoms with Crippen molar-refractivity contribution in [1.82, 2.24) is 20.5 Å². The second kappa shape index (κ2) is 11.7. The van der Waals surface area contributed by atoms with Crippen molar-refractivity contribution in [2.24, 2.45) is 5.41 Å². The number of benzene rings is 1. The Kier molecular flexibility index (Phi) is 9.57. The van der Waals surface area contributed by atoms with Gasteiger partial charge in [0.05, 0.1) is 28.2 Å². The molecule has 1 aromatic carbocycles. The molecule has 2 aromatic rings. The molecule has 33 heavy (non-hydrogen) atoms. The monoisotopic (exact) mass is 474 g/mol. The number of rotatable bonds is 6. The van der Waals surface area contributed by atoms with Crippen molar-refractivity contribution in [2.45, 2.75) is 72.7 Å². The SMILES string of the molecule is CC.CNC(C(=O)N1C[C@H](O)C[C@H]1C(=O)NCc1ccc(-c2scnc2C)cc1)C(C)(C)C. The van der Waals surface area contributed by atoms with E-state index in [1.807, 2.05) is 71.3 Å². The number of nitrogens with one attached hydrogen (secondary N) is 2. The first-order valence-corrected chi connectivity index (χ1v) is 12.4. The summed E-state index contributed by atoms with van der Waals surface area (Å²) in [6.07, 6.45) is -0.444. The smallest absolute Gasteiger partial charge is 0.243 e. The number of likely N-dealkylation sites (tertiary alicyclic amines) is 1. The van der Waals surface area contributed by atoms with Gasteiger partial charge in [0, 0.05) is 19.5 Å². The number of carbonyl (C=O) groups is 2. The van der Waals surface area contributed by atoms with Crippen LogP contribution in [0.5, 0.6) is 0 Å². The first-order chi connectivity index (χ1) is 15.6. The Morgan fingerprint density at radius 2 is 1.88 bits per heavy atom. The van der Waals surface area contributed by atoms with Crippen LogP contribution in [0.2, 0.25) is 0 Å². The van der Waals surface area contributed by atoms with E-state index in [9.17, 15) is 14.7 Å². The average Bonchev–Trinajstić information content (AvgIpc) is 3.39. The van der Waals surface area contributed by atoms with Crippen molar-refractivity contribution >= 4 is 23.2 Å². The zero-order chi connectivity index (χ0) is 24.8. The second-order valence-corrected chi connectivity index (χ2v) is 10.0. The van der Waals surface area contributed by atoms with E-state index in [1.54, 1.807) is 18.4 Å². The lowest BCUT2D eigenvalue weighted by atomic mass is 9.86. The first-order valence-electron chi connectivity index (χ1n) is 11.5. The Morgan fingerprint density at radius 1 is 1.24 bits per heavy atom. The van der Waals surface area contributed by atoms with Crippen molar-refractivity contribution in [3.8, 4) is 10.4 Å². The largest absolute Gasteiger partial charge is 0.391 e. The minimum absolute atomic E-state index is 0.156. The third-order valence-electron chi connectivity index (χ3n) is 5.69. The lowest BCUT2D eigenvalue weighted by molar-refractivity contribution is -0.142. The van der Waals surface area contributed by atoms with Crippen molar-refractivity contribution in [3.05, 3.63) is 41.0 Å². The Balaban J connectivity index is 0.00000187. The number of hydrogen-bond acceptors (Lipinski definition) is 6. The molecule has 0 spiro atoms. The van der Waals surface area contributed by atoms with Crippen LogP contribution in [0.3, 0.4) is 0 Å². The summed E-state index contributed by atoms with van der Waals surface area (Å²) in [7, 11) is 1.74. The normalized spacial score (nSPS) is 19.0. The molecule has 2 amide bonds. The molecule has 3 atom stereocenters. The highest BCUT2D eigenvalue weighted by atomic mass is 32.1. The van der Waals surface area contributed by atoms with Gasteiger partial charge in [-0.15, -0.1) is 11.3 Å². The second-order valence-electron chi connectivity index (χ2n) is 9.17. The molecule has 7 nitrogen and oxygen atoms in total. The van der Waals surface area contributed by atoms with Crippen LogP contribution < -0.4 is 10.6 Å². The van der Waals surface area contributed by atoms with Gasteiger partial charge in [0.1, 0.15) is 6.04 Å². The molecular weight excluding hydrogens is 436 g/mol. The van der Waals surface area contributed by atoms with Crippen LogP contribution in [0.1, 0.15) is 52.3 Å². The van der Waals surface area contributed by atoms with Crippen LogP contribution >= 0.6 is 11.3 Å². The lowest BCUT2D eigenvalue weighted by Crippen LogP contribution is -2.55. The van der Waals surface area contributed by atoms with Crippen LogP contribution in [-0.2, 0) is 16.1 Å². The van der Waals surface area contributed by atoms with Crippen LogP contribution in [-0.4, -0.2) is 58.6 Å². The van der Waals surface area contributed by atoms with Crippen LogP contribution in [0.15, 0.2) is 29.8 Å². The maximum Gasteiger partial charge on any atom is 0.243 e. The Labute approximate surface area is 201 Å². The number of carbonyl (C=O) groups excluding carboxylic acids is 2. The molecule has 182 valence electrons. The van der Waals surface area contributed by atoms with Gasteiger partial charge in [-0.3, -0.25) is 9.59 Å². The number of aryl methyl sites for hydroxylation is 1. The minimum atomic E-state index is -0.695. The summed E-state index contributed by atoms with van der Waals surface area (Å²) in [6.45, 7) is 12.5. The van der Waals surface area contributed by atoms with Gasteiger partial charge in [-0.2, -0.15) is 0 Å². The molecule has 8 heteroatoms. The molecule has 0 bridgehead atoms. The van der Waals surface area contributed by atoms with E-state index in [-0.39, 0.29) is 30.2 Å². The zero-order valence-corrected chi connectivity index (χ0v) is 21.6. The van der Waals surface area contributed by atoms with Crippen molar-refractivity contribution < 1.29 is 14.7 Å². The van der Waals surface area contributed by atoms with Gasteiger partial charge in [-0.05, 0) is 30.5 Å². The summed E-state index contributed by atoms with van der Waals surface area (Å²) in [6, 6.07) is 6.92. The molecule has 3 rings (SSSR count). The molecule has 1 aliphatic heterocycles. The average molecular weight is 475 g/mol. The third kappa shape index (κ3) is 6.62. The summed E-state index contributed by atoms with van der Waals surface area (Å²) in [5.74, 6) is -0.396. The van der Waals surface area contributed by atoms with Crippen molar-refractivity contribution in [1.29, 1.82) is 0 Å².